The first-order chi connectivity index (χ1) is 16.4. The Morgan fingerprint density at radius 1 is 1.12 bits per heavy atom. The van der Waals surface area contributed by atoms with Gasteiger partial charge in [0.1, 0.15) is 6.54 Å². The molecule has 1 unspecified atom stereocenters. The number of amides is 1. The van der Waals surface area contributed by atoms with Crippen LogP contribution in [-0.4, -0.2) is 48.7 Å². The van der Waals surface area contributed by atoms with Crippen LogP contribution in [0.5, 0.6) is 11.5 Å². The molecule has 0 N–H and O–H groups in total. The third kappa shape index (κ3) is 4.30. The molecule has 0 fully saturated rings. The number of rotatable bonds is 7. The largest absolute Gasteiger partial charge is 0.493 e. The predicted molar refractivity (Wildman–Crippen MR) is 131 cm³/mol. The lowest BCUT2D eigenvalue weighted by Crippen LogP contribution is -2.42. The summed E-state index contributed by atoms with van der Waals surface area (Å²) in [7, 11) is 3.25. The van der Waals surface area contributed by atoms with Crippen molar-refractivity contribution in [3.05, 3.63) is 68.7 Å². The molecule has 0 saturated heterocycles. The number of hydrogen-bond acceptors (Lipinski definition) is 6. The molecule has 0 spiro atoms. The lowest BCUT2D eigenvalue weighted by molar-refractivity contribution is -0.134. The Balaban J connectivity index is 1.69. The molecule has 8 heteroatoms. The van der Waals surface area contributed by atoms with Gasteiger partial charge in [0.05, 0.1) is 32.4 Å². The third-order valence-corrected chi connectivity index (χ3v) is 7.29. The Labute approximate surface area is 203 Å². The molecule has 1 aliphatic rings. The van der Waals surface area contributed by atoms with Crippen molar-refractivity contribution in [3.63, 3.8) is 0 Å². The van der Waals surface area contributed by atoms with E-state index in [9.17, 15) is 9.59 Å². The van der Waals surface area contributed by atoms with E-state index in [1.165, 1.54) is 0 Å². The molecule has 1 amide bonds. The van der Waals surface area contributed by atoms with Gasteiger partial charge in [-0.05, 0) is 68.0 Å². The first-order valence-electron chi connectivity index (χ1n) is 11.3. The molecule has 180 valence electrons. The molecule has 0 aliphatic carbocycles. The molecule has 3 heterocycles. The van der Waals surface area contributed by atoms with E-state index in [4.69, 9.17) is 14.2 Å². The van der Waals surface area contributed by atoms with Gasteiger partial charge in [-0.1, -0.05) is 6.07 Å². The van der Waals surface area contributed by atoms with Gasteiger partial charge in [0.2, 0.25) is 5.91 Å². The van der Waals surface area contributed by atoms with Crippen molar-refractivity contribution in [1.82, 2.24) is 9.47 Å². The number of hydrogen-bond donors (Lipinski definition) is 0. The van der Waals surface area contributed by atoms with Crippen LogP contribution in [0, 0.1) is 13.8 Å². The van der Waals surface area contributed by atoms with Gasteiger partial charge >= 0.3 is 5.97 Å². The number of esters is 1. The fraction of sp³-hybridized carbons (Fsp3) is 0.385. The monoisotopic (exact) mass is 482 g/mol. The second-order valence-electron chi connectivity index (χ2n) is 8.25. The molecule has 3 aromatic rings. The van der Waals surface area contributed by atoms with Crippen molar-refractivity contribution >= 4 is 23.2 Å². The van der Waals surface area contributed by atoms with Crippen LogP contribution in [0.15, 0.2) is 35.7 Å². The van der Waals surface area contributed by atoms with Crippen molar-refractivity contribution in [2.75, 3.05) is 27.4 Å². The lowest BCUT2D eigenvalue weighted by Gasteiger charge is -2.37. The SMILES string of the molecule is CCOC(=O)c1cc(C)n(CC(=O)N2CCc3cc(OC)c(OC)cc3C2c2cccs2)c1C. The average Bonchev–Trinajstić information content (AvgIpc) is 3.46. The van der Waals surface area contributed by atoms with Gasteiger partial charge in [-0.2, -0.15) is 0 Å². The molecule has 1 atom stereocenters. The van der Waals surface area contributed by atoms with E-state index < -0.39 is 0 Å². The van der Waals surface area contributed by atoms with Crippen LogP contribution in [0.3, 0.4) is 0 Å². The summed E-state index contributed by atoms with van der Waals surface area (Å²) < 4.78 is 18.1. The van der Waals surface area contributed by atoms with Gasteiger partial charge in [0.15, 0.2) is 11.5 Å². The van der Waals surface area contributed by atoms with Crippen molar-refractivity contribution in [2.24, 2.45) is 0 Å². The number of methoxy groups -OCH3 is 2. The van der Waals surface area contributed by atoms with E-state index in [0.29, 0.717) is 30.2 Å². The molecule has 1 aromatic carbocycles. The van der Waals surface area contributed by atoms with E-state index in [-0.39, 0.29) is 24.5 Å². The summed E-state index contributed by atoms with van der Waals surface area (Å²) >= 11 is 1.63. The first kappa shape index (κ1) is 23.9. The minimum atomic E-state index is -0.362. The van der Waals surface area contributed by atoms with E-state index in [2.05, 4.69) is 6.07 Å². The number of ether oxygens (including phenoxy) is 3. The minimum Gasteiger partial charge on any atom is -0.493 e. The minimum absolute atomic E-state index is 0.00366. The molecule has 0 bridgehead atoms. The number of fused-ring (bicyclic) bond motifs is 1. The van der Waals surface area contributed by atoms with Crippen LogP contribution in [0.4, 0.5) is 0 Å². The fourth-order valence-corrected chi connectivity index (χ4v) is 5.51. The Morgan fingerprint density at radius 2 is 1.85 bits per heavy atom. The van der Waals surface area contributed by atoms with Gasteiger partial charge in [-0.15, -0.1) is 11.3 Å². The van der Waals surface area contributed by atoms with Crippen molar-refractivity contribution in [2.45, 2.75) is 39.8 Å². The van der Waals surface area contributed by atoms with Gasteiger partial charge in [0.25, 0.3) is 0 Å². The summed E-state index contributed by atoms with van der Waals surface area (Å²) in [5.41, 5.74) is 4.29. The Bertz CT molecular complexity index is 1200. The van der Waals surface area contributed by atoms with Crippen LogP contribution < -0.4 is 9.47 Å². The molecular formula is C26H30N2O5S. The smallest absolute Gasteiger partial charge is 0.339 e. The highest BCUT2D eigenvalue weighted by Crippen LogP contribution is 2.42. The van der Waals surface area contributed by atoms with Crippen LogP contribution in [0.1, 0.15) is 50.7 Å². The van der Waals surface area contributed by atoms with E-state index >= 15 is 0 Å². The molecule has 7 nitrogen and oxygen atoms in total. The van der Waals surface area contributed by atoms with E-state index in [0.717, 1.165) is 33.8 Å². The molecule has 4 rings (SSSR count). The Hall–Kier alpha value is -3.26. The van der Waals surface area contributed by atoms with Gasteiger partial charge in [0, 0.05) is 22.8 Å². The Morgan fingerprint density at radius 3 is 2.50 bits per heavy atom. The van der Waals surface area contributed by atoms with Crippen molar-refractivity contribution in [1.29, 1.82) is 0 Å². The summed E-state index contributed by atoms with van der Waals surface area (Å²) in [6.07, 6.45) is 0.723. The van der Waals surface area contributed by atoms with E-state index in [1.807, 2.05) is 46.9 Å². The maximum Gasteiger partial charge on any atom is 0.339 e. The topological polar surface area (TPSA) is 70.0 Å². The lowest BCUT2D eigenvalue weighted by atomic mass is 9.90. The first-order valence-corrected chi connectivity index (χ1v) is 12.2. The zero-order valence-electron chi connectivity index (χ0n) is 20.2. The summed E-state index contributed by atoms with van der Waals surface area (Å²) in [4.78, 5) is 29.1. The predicted octanol–water partition coefficient (Wildman–Crippen LogP) is 4.53. The summed E-state index contributed by atoms with van der Waals surface area (Å²) in [6.45, 7) is 6.60. The molecule has 2 aromatic heterocycles. The van der Waals surface area contributed by atoms with Gasteiger partial charge < -0.3 is 23.7 Å². The van der Waals surface area contributed by atoms with Crippen LogP contribution in [0.2, 0.25) is 0 Å². The maximum absolute atomic E-state index is 13.7. The summed E-state index contributed by atoms with van der Waals surface area (Å²) in [6, 6.07) is 9.65. The van der Waals surface area contributed by atoms with Crippen LogP contribution >= 0.6 is 11.3 Å². The molecule has 34 heavy (non-hydrogen) atoms. The summed E-state index contributed by atoms with van der Waals surface area (Å²) in [5.74, 6) is 0.971. The quantitative estimate of drug-likeness (QED) is 0.463. The zero-order chi connectivity index (χ0) is 24.4. The highest BCUT2D eigenvalue weighted by molar-refractivity contribution is 7.10. The molecule has 0 saturated carbocycles. The zero-order valence-corrected chi connectivity index (χ0v) is 21.0. The summed E-state index contributed by atoms with van der Waals surface area (Å²) in [5, 5.41) is 2.03. The highest BCUT2D eigenvalue weighted by Gasteiger charge is 2.34. The van der Waals surface area contributed by atoms with Crippen LogP contribution in [-0.2, 0) is 22.5 Å². The van der Waals surface area contributed by atoms with Crippen molar-refractivity contribution in [3.8, 4) is 11.5 Å². The molecule has 1 aliphatic heterocycles. The number of benzene rings is 1. The number of aryl methyl sites for hydroxylation is 1. The average molecular weight is 483 g/mol. The van der Waals surface area contributed by atoms with Crippen LogP contribution in [0.25, 0.3) is 0 Å². The second-order valence-corrected chi connectivity index (χ2v) is 9.23. The number of aromatic nitrogens is 1. The third-order valence-electron chi connectivity index (χ3n) is 6.37. The maximum atomic E-state index is 13.7. The molecule has 0 radical (unpaired) electrons. The number of thiophene rings is 1. The van der Waals surface area contributed by atoms with E-state index in [1.54, 1.807) is 38.5 Å². The highest BCUT2D eigenvalue weighted by atomic mass is 32.1. The normalized spacial score (nSPS) is 15.1. The number of carbonyl (C=O) groups is 2. The fourth-order valence-electron chi connectivity index (χ4n) is 4.65. The van der Waals surface area contributed by atoms with Gasteiger partial charge in [-0.25, -0.2) is 4.79 Å². The number of nitrogens with zero attached hydrogens (tertiary/aromatic N) is 2. The van der Waals surface area contributed by atoms with Crippen molar-refractivity contribution < 1.29 is 23.8 Å². The molecular weight excluding hydrogens is 452 g/mol. The van der Waals surface area contributed by atoms with Gasteiger partial charge in [-0.3, -0.25) is 4.79 Å². The number of carbonyl (C=O) groups excluding carboxylic acids is 2. The Kier molecular flexibility index (Phi) is 6.97. The second kappa shape index (κ2) is 9.93. The standard InChI is InChI=1S/C26H30N2O5S/c1-6-33-26(30)19-12-16(2)28(17(19)3)15-24(29)27-10-9-18-13-21(31-4)22(32-5)14-20(18)25(27)23-8-7-11-34-23/h7-8,11-14,25H,6,9-10,15H2,1-5H3.